The number of hydrogen-bond donors (Lipinski definition) is 2. The van der Waals surface area contributed by atoms with E-state index in [-0.39, 0.29) is 6.10 Å². The average molecular weight is 241 g/mol. The maximum Gasteiger partial charge on any atom is 0.323 e. The molecule has 1 atom stereocenters. The van der Waals surface area contributed by atoms with Crippen LogP contribution >= 0.6 is 0 Å². The van der Waals surface area contributed by atoms with Crippen molar-refractivity contribution < 1.29 is 14.6 Å². The monoisotopic (exact) mass is 241 g/mol. The van der Waals surface area contributed by atoms with E-state index in [1.165, 1.54) is 6.42 Å². The van der Waals surface area contributed by atoms with Crippen LogP contribution in [0.25, 0.3) is 0 Å². The molecule has 98 valence electrons. The van der Waals surface area contributed by atoms with Crippen LogP contribution in [0.2, 0.25) is 0 Å². The highest BCUT2D eigenvalue weighted by molar-refractivity contribution is 5.78. The van der Waals surface area contributed by atoms with E-state index >= 15 is 0 Å². The van der Waals surface area contributed by atoms with Crippen molar-refractivity contribution in [1.29, 1.82) is 0 Å². The molecular weight excluding hydrogens is 218 g/mol. The van der Waals surface area contributed by atoms with E-state index in [2.05, 4.69) is 5.32 Å². The maximum absolute atomic E-state index is 11.4. The standard InChI is InChI=1S/C13H23NO3/c15-12(16)13(7-3-1-4-8-13)14-10-11-6-2-5-9-17-11/h11,14H,1-10H2,(H,15,16). The van der Waals surface area contributed by atoms with Crippen LogP contribution in [0.15, 0.2) is 0 Å². The van der Waals surface area contributed by atoms with Gasteiger partial charge in [-0.2, -0.15) is 0 Å². The minimum Gasteiger partial charge on any atom is -0.480 e. The van der Waals surface area contributed by atoms with E-state index in [1.807, 2.05) is 0 Å². The van der Waals surface area contributed by atoms with Crippen molar-refractivity contribution in [3.8, 4) is 0 Å². The zero-order valence-electron chi connectivity index (χ0n) is 10.4. The normalized spacial score (nSPS) is 28.8. The van der Waals surface area contributed by atoms with Crippen LogP contribution in [0, 0.1) is 0 Å². The number of hydrogen-bond acceptors (Lipinski definition) is 3. The number of carboxylic acids is 1. The molecule has 0 amide bonds. The van der Waals surface area contributed by atoms with Crippen LogP contribution < -0.4 is 5.32 Å². The summed E-state index contributed by atoms with van der Waals surface area (Å²) in [5, 5.41) is 12.7. The molecule has 1 aliphatic carbocycles. The Labute approximate surface area is 103 Å². The second-order valence-corrected chi connectivity index (χ2v) is 5.32. The summed E-state index contributed by atoms with van der Waals surface area (Å²) in [5.74, 6) is -0.687. The van der Waals surface area contributed by atoms with E-state index in [1.54, 1.807) is 0 Å². The van der Waals surface area contributed by atoms with Gasteiger partial charge in [-0.25, -0.2) is 0 Å². The Morgan fingerprint density at radius 2 is 2.00 bits per heavy atom. The van der Waals surface area contributed by atoms with E-state index in [0.717, 1.165) is 51.6 Å². The molecule has 2 rings (SSSR count). The summed E-state index contributed by atoms with van der Waals surface area (Å²) in [4.78, 5) is 11.4. The molecule has 17 heavy (non-hydrogen) atoms. The zero-order valence-corrected chi connectivity index (χ0v) is 10.4. The predicted molar refractivity (Wildman–Crippen MR) is 65.0 cm³/mol. The van der Waals surface area contributed by atoms with Gasteiger partial charge >= 0.3 is 5.97 Å². The summed E-state index contributed by atoms with van der Waals surface area (Å²) < 4.78 is 5.64. The van der Waals surface area contributed by atoms with Gasteiger partial charge in [-0.3, -0.25) is 10.1 Å². The van der Waals surface area contributed by atoms with E-state index < -0.39 is 11.5 Å². The third-order valence-electron chi connectivity index (χ3n) is 4.06. The smallest absolute Gasteiger partial charge is 0.323 e. The fourth-order valence-electron chi connectivity index (χ4n) is 2.90. The van der Waals surface area contributed by atoms with Gasteiger partial charge in [0.05, 0.1) is 6.10 Å². The van der Waals surface area contributed by atoms with Crippen LogP contribution in [-0.4, -0.2) is 35.9 Å². The molecular formula is C13H23NO3. The summed E-state index contributed by atoms with van der Waals surface area (Å²) in [6.07, 6.45) is 8.33. The summed E-state index contributed by atoms with van der Waals surface area (Å²) in [5.41, 5.74) is -0.681. The minimum absolute atomic E-state index is 0.210. The molecule has 4 heteroatoms. The lowest BCUT2D eigenvalue weighted by Gasteiger charge is -2.36. The first-order chi connectivity index (χ1) is 8.23. The molecule has 0 spiro atoms. The van der Waals surface area contributed by atoms with Gasteiger partial charge in [0.2, 0.25) is 0 Å². The minimum atomic E-state index is -0.687. The molecule has 0 aromatic heterocycles. The fraction of sp³-hybridized carbons (Fsp3) is 0.923. The summed E-state index contributed by atoms with van der Waals surface area (Å²) in [6.45, 7) is 1.51. The quantitative estimate of drug-likeness (QED) is 0.789. The Balaban J connectivity index is 1.86. The van der Waals surface area contributed by atoms with Gasteiger partial charge in [0, 0.05) is 13.2 Å². The van der Waals surface area contributed by atoms with Gasteiger partial charge in [-0.15, -0.1) is 0 Å². The number of rotatable bonds is 4. The van der Waals surface area contributed by atoms with Gasteiger partial charge in [-0.05, 0) is 32.1 Å². The van der Waals surface area contributed by atoms with Gasteiger partial charge < -0.3 is 9.84 Å². The van der Waals surface area contributed by atoms with Gasteiger partial charge in [0.1, 0.15) is 5.54 Å². The summed E-state index contributed by atoms with van der Waals surface area (Å²) in [6, 6.07) is 0. The molecule has 1 saturated heterocycles. The number of ether oxygens (including phenoxy) is 1. The number of carbonyl (C=O) groups is 1. The molecule has 0 radical (unpaired) electrons. The molecule has 1 aliphatic heterocycles. The van der Waals surface area contributed by atoms with Crippen LogP contribution in [0.4, 0.5) is 0 Å². The Morgan fingerprint density at radius 3 is 2.59 bits per heavy atom. The number of aliphatic carboxylic acids is 1. The average Bonchev–Trinajstić information content (AvgIpc) is 2.38. The third kappa shape index (κ3) is 3.19. The molecule has 1 unspecified atom stereocenters. The molecule has 2 N–H and O–H groups in total. The molecule has 2 aliphatic rings. The van der Waals surface area contributed by atoms with Gasteiger partial charge in [-0.1, -0.05) is 19.3 Å². The second-order valence-electron chi connectivity index (χ2n) is 5.32. The fourth-order valence-corrected chi connectivity index (χ4v) is 2.90. The third-order valence-corrected chi connectivity index (χ3v) is 4.06. The largest absolute Gasteiger partial charge is 0.480 e. The van der Waals surface area contributed by atoms with Crippen molar-refractivity contribution in [3.05, 3.63) is 0 Å². The van der Waals surface area contributed by atoms with E-state index in [9.17, 15) is 9.90 Å². The lowest BCUT2D eigenvalue weighted by Crippen LogP contribution is -2.55. The van der Waals surface area contributed by atoms with Crippen molar-refractivity contribution in [3.63, 3.8) is 0 Å². The first kappa shape index (κ1) is 12.8. The lowest BCUT2D eigenvalue weighted by atomic mass is 9.81. The Hall–Kier alpha value is -0.610. The van der Waals surface area contributed by atoms with Crippen LogP contribution in [0.1, 0.15) is 51.4 Å². The maximum atomic E-state index is 11.4. The highest BCUT2D eigenvalue weighted by atomic mass is 16.5. The molecule has 1 saturated carbocycles. The Kier molecular flexibility index (Phi) is 4.40. The van der Waals surface area contributed by atoms with Crippen molar-refractivity contribution >= 4 is 5.97 Å². The Bertz CT molecular complexity index is 255. The van der Waals surface area contributed by atoms with Crippen molar-refractivity contribution in [2.75, 3.05) is 13.2 Å². The Morgan fingerprint density at radius 1 is 1.24 bits per heavy atom. The van der Waals surface area contributed by atoms with Crippen molar-refractivity contribution in [1.82, 2.24) is 5.32 Å². The first-order valence-electron chi connectivity index (χ1n) is 6.83. The molecule has 4 nitrogen and oxygen atoms in total. The summed E-state index contributed by atoms with van der Waals surface area (Å²) in [7, 11) is 0. The highest BCUT2D eigenvalue weighted by Gasteiger charge is 2.39. The van der Waals surface area contributed by atoms with E-state index in [0.29, 0.717) is 6.54 Å². The number of nitrogens with one attached hydrogen (secondary N) is 1. The topological polar surface area (TPSA) is 58.6 Å². The molecule has 2 fully saturated rings. The van der Waals surface area contributed by atoms with Crippen LogP contribution in [-0.2, 0) is 9.53 Å². The van der Waals surface area contributed by atoms with Gasteiger partial charge in [0.15, 0.2) is 0 Å². The summed E-state index contributed by atoms with van der Waals surface area (Å²) >= 11 is 0. The lowest BCUT2D eigenvalue weighted by molar-refractivity contribution is -0.146. The predicted octanol–water partition coefficient (Wildman–Crippen LogP) is 1.93. The molecule has 0 bridgehead atoms. The molecule has 0 aromatic rings. The van der Waals surface area contributed by atoms with Gasteiger partial charge in [0.25, 0.3) is 0 Å². The van der Waals surface area contributed by atoms with Crippen molar-refractivity contribution in [2.45, 2.75) is 63.0 Å². The molecule has 0 aromatic carbocycles. The highest BCUT2D eigenvalue weighted by Crippen LogP contribution is 2.28. The SMILES string of the molecule is O=C(O)C1(NCC2CCCCO2)CCCCC1. The molecule has 1 heterocycles. The zero-order chi connectivity index (χ0) is 12.1. The van der Waals surface area contributed by atoms with Crippen molar-refractivity contribution in [2.24, 2.45) is 0 Å². The van der Waals surface area contributed by atoms with Crippen LogP contribution in [0.3, 0.4) is 0 Å². The second kappa shape index (κ2) is 5.83. The van der Waals surface area contributed by atoms with E-state index in [4.69, 9.17) is 4.74 Å². The number of carboxylic acid groups (broad SMARTS) is 1. The first-order valence-corrected chi connectivity index (χ1v) is 6.83. The van der Waals surface area contributed by atoms with Crippen LogP contribution in [0.5, 0.6) is 0 Å².